The zero-order valence-corrected chi connectivity index (χ0v) is 18.6. The molecule has 0 fully saturated rings. The quantitative estimate of drug-likeness (QED) is 0.391. The standard InChI is InChI=1S/C24H24N6OS/c1-32-16-12-20(24-28-27-22-9-4-5-15-30(22)24)26-23(31)11-10-18-17-29(14-6-13-25)21-8-3-2-7-19(18)21/h2-5,7-11,15,17,20H,6,12,14,16H2,1H3,(H,26,31)/b11-10-. The first-order chi connectivity index (χ1) is 15.7. The summed E-state index contributed by atoms with van der Waals surface area (Å²) in [5.74, 6) is 1.44. The summed E-state index contributed by atoms with van der Waals surface area (Å²) in [6.45, 7) is 0.619. The Morgan fingerprint density at radius 1 is 1.25 bits per heavy atom. The molecular weight excluding hydrogens is 420 g/mol. The summed E-state index contributed by atoms with van der Waals surface area (Å²) in [5.41, 5.74) is 2.75. The lowest BCUT2D eigenvalue weighted by Crippen LogP contribution is -2.29. The lowest BCUT2D eigenvalue weighted by molar-refractivity contribution is -0.117. The van der Waals surface area contributed by atoms with E-state index in [9.17, 15) is 4.79 Å². The number of carbonyl (C=O) groups is 1. The van der Waals surface area contributed by atoms with Crippen LogP contribution in [0.3, 0.4) is 0 Å². The van der Waals surface area contributed by atoms with Gasteiger partial charge in [-0.2, -0.15) is 17.0 Å². The maximum Gasteiger partial charge on any atom is 0.244 e. The highest BCUT2D eigenvalue weighted by molar-refractivity contribution is 7.98. The minimum atomic E-state index is -0.242. The van der Waals surface area contributed by atoms with Crippen molar-refractivity contribution in [3.05, 3.63) is 72.3 Å². The first-order valence-electron chi connectivity index (χ1n) is 10.4. The van der Waals surface area contributed by atoms with Crippen molar-refractivity contribution < 1.29 is 4.79 Å². The molecule has 3 aromatic heterocycles. The molecule has 7 nitrogen and oxygen atoms in total. The Labute approximate surface area is 190 Å². The monoisotopic (exact) mass is 444 g/mol. The fraction of sp³-hybridized carbons (Fsp3) is 0.250. The molecule has 1 aromatic carbocycles. The van der Waals surface area contributed by atoms with Crippen molar-refractivity contribution in [3.63, 3.8) is 0 Å². The average molecular weight is 445 g/mol. The van der Waals surface area contributed by atoms with Gasteiger partial charge in [0.05, 0.1) is 18.5 Å². The number of para-hydroxylation sites is 1. The first kappa shape index (κ1) is 21.7. The highest BCUT2D eigenvalue weighted by Gasteiger charge is 2.19. The molecule has 0 bridgehead atoms. The molecule has 0 spiro atoms. The fourth-order valence-corrected chi connectivity index (χ4v) is 4.22. The van der Waals surface area contributed by atoms with E-state index >= 15 is 0 Å². The summed E-state index contributed by atoms with van der Waals surface area (Å²) < 4.78 is 3.97. The summed E-state index contributed by atoms with van der Waals surface area (Å²) in [7, 11) is 0. The molecule has 1 atom stereocenters. The zero-order valence-electron chi connectivity index (χ0n) is 17.8. The number of nitriles is 1. The third-order valence-electron chi connectivity index (χ3n) is 5.28. The van der Waals surface area contributed by atoms with E-state index in [0.717, 1.165) is 40.1 Å². The summed E-state index contributed by atoms with van der Waals surface area (Å²) in [6.07, 6.45) is 10.5. The summed E-state index contributed by atoms with van der Waals surface area (Å²) in [4.78, 5) is 12.8. The number of benzene rings is 1. The number of pyridine rings is 1. The number of nitrogens with one attached hydrogen (secondary N) is 1. The van der Waals surface area contributed by atoms with Gasteiger partial charge in [-0.1, -0.05) is 24.3 Å². The van der Waals surface area contributed by atoms with Crippen LogP contribution in [0, 0.1) is 11.3 Å². The topological polar surface area (TPSA) is 88.0 Å². The predicted molar refractivity (Wildman–Crippen MR) is 128 cm³/mol. The summed E-state index contributed by atoms with van der Waals surface area (Å²) in [5, 5.41) is 21.6. The first-order valence-corrected chi connectivity index (χ1v) is 11.8. The van der Waals surface area contributed by atoms with Crippen LogP contribution in [-0.4, -0.2) is 37.1 Å². The van der Waals surface area contributed by atoms with E-state index < -0.39 is 0 Å². The van der Waals surface area contributed by atoms with E-state index in [1.54, 1.807) is 17.8 Å². The van der Waals surface area contributed by atoms with Crippen molar-refractivity contribution in [1.29, 1.82) is 5.26 Å². The van der Waals surface area contributed by atoms with E-state index in [2.05, 4.69) is 26.2 Å². The number of thioether (sulfide) groups is 1. The Hall–Kier alpha value is -3.57. The van der Waals surface area contributed by atoms with Gasteiger partial charge in [-0.25, -0.2) is 0 Å². The number of fused-ring (bicyclic) bond motifs is 2. The SMILES string of the molecule is CSCCC(NC(=O)/C=C\c1cn(CCC#N)c2ccccc12)c1nnc2ccccn12. The lowest BCUT2D eigenvalue weighted by atomic mass is 10.1. The van der Waals surface area contributed by atoms with Crippen LogP contribution >= 0.6 is 11.8 Å². The Bertz CT molecular complexity index is 1300. The van der Waals surface area contributed by atoms with Gasteiger partial charge in [-0.05, 0) is 42.7 Å². The molecule has 1 amide bonds. The lowest BCUT2D eigenvalue weighted by Gasteiger charge is -2.15. The van der Waals surface area contributed by atoms with Crippen LogP contribution in [0.4, 0.5) is 0 Å². The zero-order chi connectivity index (χ0) is 22.3. The molecule has 1 N–H and O–H groups in total. The molecule has 0 saturated carbocycles. The highest BCUT2D eigenvalue weighted by Crippen LogP contribution is 2.23. The number of nitrogens with zero attached hydrogens (tertiary/aromatic N) is 5. The van der Waals surface area contributed by atoms with E-state index in [4.69, 9.17) is 5.26 Å². The summed E-state index contributed by atoms with van der Waals surface area (Å²) >= 11 is 1.73. The normalized spacial score (nSPS) is 12.4. The Morgan fingerprint density at radius 2 is 2.09 bits per heavy atom. The van der Waals surface area contributed by atoms with Gasteiger partial charge in [-0.3, -0.25) is 9.20 Å². The number of rotatable bonds is 9. The second kappa shape index (κ2) is 10.2. The molecule has 1 unspecified atom stereocenters. The van der Waals surface area contributed by atoms with Crippen molar-refractivity contribution in [2.45, 2.75) is 25.4 Å². The van der Waals surface area contributed by atoms with Gasteiger partial charge in [0.1, 0.15) is 0 Å². The third-order valence-corrected chi connectivity index (χ3v) is 5.92. The van der Waals surface area contributed by atoms with Crippen molar-refractivity contribution in [2.75, 3.05) is 12.0 Å². The molecule has 0 aliphatic carbocycles. The average Bonchev–Trinajstić information content (AvgIpc) is 3.41. The molecule has 162 valence electrons. The van der Waals surface area contributed by atoms with Crippen LogP contribution in [0.2, 0.25) is 0 Å². The number of hydrogen-bond donors (Lipinski definition) is 1. The Balaban J connectivity index is 1.55. The van der Waals surface area contributed by atoms with Crippen LogP contribution in [0.1, 0.15) is 30.3 Å². The third kappa shape index (κ3) is 4.68. The van der Waals surface area contributed by atoms with Crippen LogP contribution in [0.5, 0.6) is 0 Å². The Kier molecular flexibility index (Phi) is 6.87. The van der Waals surface area contributed by atoms with Gasteiger partial charge < -0.3 is 9.88 Å². The number of hydrogen-bond acceptors (Lipinski definition) is 5. The maximum absolute atomic E-state index is 12.8. The fourth-order valence-electron chi connectivity index (χ4n) is 3.75. The second-order valence-electron chi connectivity index (χ2n) is 7.37. The molecular formula is C24H24N6OS. The highest BCUT2D eigenvalue weighted by atomic mass is 32.2. The number of aryl methyl sites for hydroxylation is 1. The summed E-state index contributed by atoms with van der Waals surface area (Å²) in [6, 6.07) is 15.7. The molecule has 4 rings (SSSR count). The molecule has 0 saturated heterocycles. The molecule has 0 radical (unpaired) electrons. The largest absolute Gasteiger partial charge is 0.346 e. The van der Waals surface area contributed by atoms with Crippen molar-refractivity contribution in [2.24, 2.45) is 0 Å². The number of carbonyl (C=O) groups excluding carboxylic acids is 1. The van der Waals surface area contributed by atoms with Crippen molar-refractivity contribution in [1.82, 2.24) is 24.5 Å². The van der Waals surface area contributed by atoms with Crippen molar-refractivity contribution in [3.8, 4) is 6.07 Å². The van der Waals surface area contributed by atoms with Crippen LogP contribution in [0.15, 0.2) is 60.9 Å². The van der Waals surface area contributed by atoms with Gasteiger partial charge >= 0.3 is 0 Å². The molecule has 0 aliphatic heterocycles. The maximum atomic E-state index is 12.8. The van der Waals surface area contributed by atoms with Crippen LogP contribution in [-0.2, 0) is 11.3 Å². The van der Waals surface area contributed by atoms with E-state index in [1.165, 1.54) is 0 Å². The minimum absolute atomic E-state index is 0.183. The Morgan fingerprint density at radius 3 is 2.94 bits per heavy atom. The van der Waals surface area contributed by atoms with Gasteiger partial charge in [-0.15, -0.1) is 10.2 Å². The van der Waals surface area contributed by atoms with Gasteiger partial charge in [0.25, 0.3) is 0 Å². The van der Waals surface area contributed by atoms with Crippen LogP contribution in [0.25, 0.3) is 22.6 Å². The van der Waals surface area contributed by atoms with E-state index in [0.29, 0.717) is 13.0 Å². The molecule has 0 aliphatic rings. The number of aromatic nitrogens is 4. The molecule has 8 heteroatoms. The van der Waals surface area contributed by atoms with E-state index in [-0.39, 0.29) is 11.9 Å². The van der Waals surface area contributed by atoms with Gasteiger partial charge in [0, 0.05) is 41.5 Å². The second-order valence-corrected chi connectivity index (χ2v) is 8.35. The molecule has 3 heterocycles. The predicted octanol–water partition coefficient (Wildman–Crippen LogP) is 4.22. The van der Waals surface area contributed by atoms with Crippen molar-refractivity contribution >= 4 is 40.3 Å². The smallest absolute Gasteiger partial charge is 0.244 e. The molecule has 4 aromatic rings. The van der Waals surface area contributed by atoms with Gasteiger partial charge in [0.15, 0.2) is 11.5 Å². The number of amides is 1. The van der Waals surface area contributed by atoms with Crippen LogP contribution < -0.4 is 5.32 Å². The van der Waals surface area contributed by atoms with Gasteiger partial charge in [0.2, 0.25) is 5.91 Å². The van der Waals surface area contributed by atoms with E-state index in [1.807, 2.05) is 71.6 Å². The minimum Gasteiger partial charge on any atom is -0.346 e. The molecule has 32 heavy (non-hydrogen) atoms.